The van der Waals surface area contributed by atoms with Crippen LogP contribution in [-0.2, 0) is 11.3 Å². The Balaban J connectivity index is 1.55. The number of carbonyl (C=O) groups is 1. The first-order valence-corrected chi connectivity index (χ1v) is 9.00. The van der Waals surface area contributed by atoms with Gasteiger partial charge in [0.25, 0.3) is 5.91 Å². The van der Waals surface area contributed by atoms with Crippen LogP contribution in [0.3, 0.4) is 0 Å². The summed E-state index contributed by atoms with van der Waals surface area (Å²) in [4.78, 5) is 20.7. The third-order valence-corrected chi connectivity index (χ3v) is 4.53. The largest absolute Gasteiger partial charge is 0.373 e. The number of rotatable bonds is 5. The molecule has 2 aromatic rings. The van der Waals surface area contributed by atoms with E-state index in [1.165, 1.54) is 11.3 Å². The molecule has 0 aliphatic carbocycles. The number of carbonyl (C=O) groups excluding carboxylic acids is 1. The molecule has 6 heteroatoms. The van der Waals surface area contributed by atoms with Gasteiger partial charge in [-0.3, -0.25) is 9.78 Å². The number of piperazine rings is 1. The van der Waals surface area contributed by atoms with Crippen LogP contribution < -0.4 is 10.2 Å². The number of pyridine rings is 1. The summed E-state index contributed by atoms with van der Waals surface area (Å²) in [6.07, 6.45) is 5.05. The maximum Gasteiger partial charge on any atom is 0.263 e. The van der Waals surface area contributed by atoms with Crippen LogP contribution >= 0.6 is 0 Å². The third kappa shape index (κ3) is 5.08. The standard InChI is InChI=1S/C21H23N5O/c1-17-4-2-6-20(12-17)26-10-8-25(9-11-26)16-19(13-22)21(27)24-15-18-5-3-7-23-14-18/h2-7,12,14,16H,8-11,15H2,1H3,(H,24,27)/b19-16-. The Kier molecular flexibility index (Phi) is 6.06. The first-order chi connectivity index (χ1) is 13.2. The molecular weight excluding hydrogens is 338 g/mol. The molecule has 1 N–H and O–H groups in total. The average molecular weight is 361 g/mol. The van der Waals surface area contributed by atoms with Crippen LogP contribution in [0.5, 0.6) is 0 Å². The van der Waals surface area contributed by atoms with Gasteiger partial charge in [-0.05, 0) is 36.2 Å². The van der Waals surface area contributed by atoms with Crippen LogP contribution in [0.1, 0.15) is 11.1 Å². The van der Waals surface area contributed by atoms with Gasteiger partial charge in [-0.25, -0.2) is 0 Å². The first kappa shape index (κ1) is 18.5. The van der Waals surface area contributed by atoms with E-state index < -0.39 is 0 Å². The van der Waals surface area contributed by atoms with Crippen LogP contribution in [0.15, 0.2) is 60.6 Å². The fraction of sp³-hybridized carbons (Fsp3) is 0.286. The molecule has 3 rings (SSSR count). The van der Waals surface area contributed by atoms with Gasteiger partial charge in [-0.1, -0.05) is 18.2 Å². The summed E-state index contributed by atoms with van der Waals surface area (Å²) in [5, 5.41) is 12.1. The zero-order valence-electron chi connectivity index (χ0n) is 15.4. The molecule has 2 heterocycles. The SMILES string of the molecule is Cc1cccc(N2CCN(/C=C(/C#N)C(=O)NCc3cccnc3)CC2)c1. The van der Waals surface area contributed by atoms with Gasteiger partial charge in [0.15, 0.2) is 0 Å². The zero-order chi connectivity index (χ0) is 19.1. The monoisotopic (exact) mass is 361 g/mol. The van der Waals surface area contributed by atoms with Crippen molar-refractivity contribution in [3.63, 3.8) is 0 Å². The lowest BCUT2D eigenvalue weighted by molar-refractivity contribution is -0.117. The van der Waals surface area contributed by atoms with E-state index in [2.05, 4.69) is 46.4 Å². The quantitative estimate of drug-likeness (QED) is 0.653. The Bertz CT molecular complexity index is 848. The molecule has 0 spiro atoms. The second kappa shape index (κ2) is 8.86. The highest BCUT2D eigenvalue weighted by atomic mass is 16.1. The smallest absolute Gasteiger partial charge is 0.263 e. The summed E-state index contributed by atoms with van der Waals surface area (Å²) in [5.74, 6) is -0.359. The van der Waals surface area contributed by atoms with Crippen molar-refractivity contribution in [3.8, 4) is 6.07 Å². The molecule has 27 heavy (non-hydrogen) atoms. The Hall–Kier alpha value is -3.33. The predicted molar refractivity (Wildman–Crippen MR) is 105 cm³/mol. The molecule has 0 radical (unpaired) electrons. The minimum atomic E-state index is -0.359. The van der Waals surface area contributed by atoms with Crippen molar-refractivity contribution < 1.29 is 4.79 Å². The predicted octanol–water partition coefficient (Wildman–Crippen LogP) is 2.24. The van der Waals surface area contributed by atoms with Gasteiger partial charge in [-0.2, -0.15) is 5.26 Å². The Morgan fingerprint density at radius 1 is 1.26 bits per heavy atom. The topological polar surface area (TPSA) is 72.3 Å². The van der Waals surface area contributed by atoms with Crippen LogP contribution in [0.4, 0.5) is 5.69 Å². The number of anilines is 1. The van der Waals surface area contributed by atoms with Gasteiger partial charge in [-0.15, -0.1) is 0 Å². The Labute approximate surface area is 159 Å². The number of aryl methyl sites for hydroxylation is 1. The van der Waals surface area contributed by atoms with E-state index in [1.54, 1.807) is 18.6 Å². The molecule has 0 bridgehead atoms. The van der Waals surface area contributed by atoms with Gasteiger partial charge in [0, 0.05) is 57.0 Å². The normalized spacial score (nSPS) is 14.6. The van der Waals surface area contributed by atoms with Gasteiger partial charge >= 0.3 is 0 Å². The van der Waals surface area contributed by atoms with Gasteiger partial charge in [0.1, 0.15) is 11.6 Å². The van der Waals surface area contributed by atoms with E-state index in [0.29, 0.717) is 6.54 Å². The molecule has 1 fully saturated rings. The van der Waals surface area contributed by atoms with Gasteiger partial charge < -0.3 is 15.1 Å². The molecule has 1 aromatic heterocycles. The highest BCUT2D eigenvalue weighted by Gasteiger charge is 2.17. The maximum atomic E-state index is 12.3. The number of nitrogens with zero attached hydrogens (tertiary/aromatic N) is 4. The second-order valence-electron chi connectivity index (χ2n) is 6.56. The number of hydrogen-bond acceptors (Lipinski definition) is 5. The minimum absolute atomic E-state index is 0.128. The fourth-order valence-electron chi connectivity index (χ4n) is 3.03. The van der Waals surface area contributed by atoms with Gasteiger partial charge in [0.05, 0.1) is 0 Å². The van der Waals surface area contributed by atoms with E-state index >= 15 is 0 Å². The Morgan fingerprint density at radius 2 is 2.07 bits per heavy atom. The van der Waals surface area contributed by atoms with Crippen LogP contribution in [0.25, 0.3) is 0 Å². The molecule has 138 valence electrons. The maximum absolute atomic E-state index is 12.3. The highest BCUT2D eigenvalue weighted by Crippen LogP contribution is 2.18. The van der Waals surface area contributed by atoms with Crippen molar-refractivity contribution in [2.75, 3.05) is 31.1 Å². The van der Waals surface area contributed by atoms with E-state index in [9.17, 15) is 10.1 Å². The lowest BCUT2D eigenvalue weighted by Crippen LogP contribution is -2.44. The van der Waals surface area contributed by atoms with Crippen molar-refractivity contribution in [2.45, 2.75) is 13.5 Å². The second-order valence-corrected chi connectivity index (χ2v) is 6.56. The molecule has 1 aliphatic rings. The lowest BCUT2D eigenvalue weighted by atomic mass is 10.2. The molecule has 0 saturated carbocycles. The van der Waals surface area contributed by atoms with Crippen molar-refractivity contribution in [1.82, 2.24) is 15.2 Å². The van der Waals surface area contributed by atoms with Crippen LogP contribution in [0.2, 0.25) is 0 Å². The van der Waals surface area contributed by atoms with Crippen LogP contribution in [0, 0.1) is 18.3 Å². The minimum Gasteiger partial charge on any atom is -0.373 e. The number of aromatic nitrogens is 1. The summed E-state index contributed by atoms with van der Waals surface area (Å²) in [7, 11) is 0. The molecule has 1 amide bonds. The fourth-order valence-corrected chi connectivity index (χ4v) is 3.03. The highest BCUT2D eigenvalue weighted by molar-refractivity contribution is 5.97. The van der Waals surface area contributed by atoms with E-state index in [1.807, 2.05) is 23.1 Å². The summed E-state index contributed by atoms with van der Waals surface area (Å²) in [5.41, 5.74) is 3.48. The molecule has 0 atom stereocenters. The molecular formula is C21H23N5O. The zero-order valence-corrected chi connectivity index (χ0v) is 15.4. The van der Waals surface area contributed by atoms with Crippen molar-refractivity contribution >= 4 is 11.6 Å². The molecule has 1 aliphatic heterocycles. The summed E-state index contributed by atoms with van der Waals surface area (Å²) < 4.78 is 0. The first-order valence-electron chi connectivity index (χ1n) is 9.00. The number of amides is 1. The molecule has 0 unspecified atom stereocenters. The van der Waals surface area contributed by atoms with E-state index in [4.69, 9.17) is 0 Å². The average Bonchev–Trinajstić information content (AvgIpc) is 2.71. The molecule has 1 saturated heterocycles. The number of benzene rings is 1. The summed E-state index contributed by atoms with van der Waals surface area (Å²) in [6, 6.07) is 14.2. The van der Waals surface area contributed by atoms with Crippen molar-refractivity contribution in [2.24, 2.45) is 0 Å². The summed E-state index contributed by atoms with van der Waals surface area (Å²) >= 11 is 0. The molecule has 1 aromatic carbocycles. The van der Waals surface area contributed by atoms with Crippen LogP contribution in [-0.4, -0.2) is 42.0 Å². The number of nitriles is 1. The van der Waals surface area contributed by atoms with Gasteiger partial charge in [0.2, 0.25) is 0 Å². The van der Waals surface area contributed by atoms with E-state index in [-0.39, 0.29) is 11.5 Å². The number of hydrogen-bond donors (Lipinski definition) is 1. The molecule has 6 nitrogen and oxygen atoms in total. The lowest BCUT2D eigenvalue weighted by Gasteiger charge is -2.35. The summed E-state index contributed by atoms with van der Waals surface area (Å²) in [6.45, 7) is 5.70. The third-order valence-electron chi connectivity index (χ3n) is 4.53. The Morgan fingerprint density at radius 3 is 2.74 bits per heavy atom. The van der Waals surface area contributed by atoms with Crippen molar-refractivity contribution in [3.05, 3.63) is 71.7 Å². The van der Waals surface area contributed by atoms with Crippen molar-refractivity contribution in [1.29, 1.82) is 5.26 Å². The van der Waals surface area contributed by atoms with E-state index in [0.717, 1.165) is 31.7 Å². The number of nitrogens with one attached hydrogen (secondary N) is 1.